The van der Waals surface area contributed by atoms with E-state index in [-0.39, 0.29) is 11.8 Å². The molecular formula is C20H22Cl3N3O. The van der Waals surface area contributed by atoms with Gasteiger partial charge in [-0.25, -0.2) is 4.98 Å². The van der Waals surface area contributed by atoms with Crippen LogP contribution in [0, 0.1) is 5.92 Å². The summed E-state index contributed by atoms with van der Waals surface area (Å²) in [5.41, 5.74) is 0.397. The lowest BCUT2D eigenvalue weighted by molar-refractivity contribution is -0.127. The molecule has 0 bridgehead atoms. The third-order valence-corrected chi connectivity index (χ3v) is 5.94. The van der Waals surface area contributed by atoms with Crippen molar-refractivity contribution in [2.75, 3.05) is 18.0 Å². The minimum absolute atomic E-state index is 0.0180. The van der Waals surface area contributed by atoms with Crippen LogP contribution in [0.15, 0.2) is 36.5 Å². The predicted octanol–water partition coefficient (Wildman–Crippen LogP) is 5.31. The first-order valence-electron chi connectivity index (χ1n) is 8.90. The van der Waals surface area contributed by atoms with Gasteiger partial charge >= 0.3 is 0 Å². The fourth-order valence-corrected chi connectivity index (χ4v) is 3.70. The van der Waals surface area contributed by atoms with Crippen LogP contribution in [0.1, 0.15) is 32.3 Å². The van der Waals surface area contributed by atoms with Gasteiger partial charge in [0.05, 0.1) is 20.6 Å². The van der Waals surface area contributed by atoms with Crippen LogP contribution in [0.2, 0.25) is 15.1 Å². The van der Waals surface area contributed by atoms with E-state index in [0.29, 0.717) is 15.1 Å². The van der Waals surface area contributed by atoms with Crippen molar-refractivity contribution in [1.29, 1.82) is 0 Å². The summed E-state index contributed by atoms with van der Waals surface area (Å²) in [5, 5.41) is 4.77. The molecule has 1 saturated heterocycles. The lowest BCUT2D eigenvalue weighted by Gasteiger charge is -2.34. The number of benzene rings is 1. The van der Waals surface area contributed by atoms with E-state index in [2.05, 4.69) is 15.2 Å². The van der Waals surface area contributed by atoms with Crippen LogP contribution >= 0.6 is 34.8 Å². The van der Waals surface area contributed by atoms with Gasteiger partial charge < -0.3 is 10.2 Å². The van der Waals surface area contributed by atoms with Crippen molar-refractivity contribution in [2.45, 2.75) is 32.2 Å². The highest BCUT2D eigenvalue weighted by Crippen LogP contribution is 2.30. The van der Waals surface area contributed by atoms with Crippen molar-refractivity contribution in [2.24, 2.45) is 5.92 Å². The van der Waals surface area contributed by atoms with E-state index < -0.39 is 5.54 Å². The summed E-state index contributed by atoms with van der Waals surface area (Å²) in [6.07, 6.45) is 3.22. The largest absolute Gasteiger partial charge is 0.357 e. The fraction of sp³-hybridized carbons (Fsp3) is 0.400. The number of hydrogen-bond donors (Lipinski definition) is 1. The quantitative estimate of drug-likeness (QED) is 0.720. The Morgan fingerprint density at radius 1 is 1.11 bits per heavy atom. The summed E-state index contributed by atoms with van der Waals surface area (Å²) >= 11 is 18.0. The van der Waals surface area contributed by atoms with Gasteiger partial charge in [0.2, 0.25) is 5.91 Å². The summed E-state index contributed by atoms with van der Waals surface area (Å²) in [4.78, 5) is 19.3. The van der Waals surface area contributed by atoms with Gasteiger partial charge in [-0.3, -0.25) is 4.79 Å². The third-order valence-electron chi connectivity index (χ3n) is 4.98. The summed E-state index contributed by atoms with van der Waals surface area (Å²) in [6, 6.07) is 9.20. The van der Waals surface area contributed by atoms with Crippen molar-refractivity contribution in [3.63, 3.8) is 0 Å². The molecule has 1 amide bonds. The van der Waals surface area contributed by atoms with Crippen molar-refractivity contribution in [3.8, 4) is 0 Å². The molecule has 0 spiro atoms. The first-order valence-corrected chi connectivity index (χ1v) is 10.0. The molecule has 0 radical (unpaired) electrons. The van der Waals surface area contributed by atoms with Gasteiger partial charge in [-0.1, -0.05) is 40.9 Å². The molecule has 1 aliphatic rings. The lowest BCUT2D eigenvalue weighted by atomic mass is 9.90. The Morgan fingerprint density at radius 2 is 1.81 bits per heavy atom. The highest BCUT2D eigenvalue weighted by molar-refractivity contribution is 6.42. The molecule has 2 heterocycles. The molecule has 7 heteroatoms. The number of nitrogens with zero attached hydrogens (tertiary/aromatic N) is 2. The van der Waals surface area contributed by atoms with Crippen LogP contribution in [0.5, 0.6) is 0 Å². The van der Waals surface area contributed by atoms with Gasteiger partial charge in [0.15, 0.2) is 0 Å². The molecular weight excluding hydrogens is 405 g/mol. The number of aromatic nitrogens is 1. The molecule has 1 fully saturated rings. The van der Waals surface area contributed by atoms with Crippen molar-refractivity contribution in [1.82, 2.24) is 10.3 Å². The highest BCUT2D eigenvalue weighted by atomic mass is 35.5. The number of amides is 1. The van der Waals surface area contributed by atoms with Crippen LogP contribution < -0.4 is 10.2 Å². The predicted molar refractivity (Wildman–Crippen MR) is 112 cm³/mol. The Labute approximate surface area is 174 Å². The first-order chi connectivity index (χ1) is 12.8. The van der Waals surface area contributed by atoms with E-state index in [4.69, 9.17) is 34.8 Å². The molecule has 1 aromatic heterocycles. The third kappa shape index (κ3) is 4.87. The number of anilines is 1. The maximum atomic E-state index is 12.8. The zero-order valence-corrected chi connectivity index (χ0v) is 17.6. The number of piperidine rings is 1. The number of nitrogens with one attached hydrogen (secondary N) is 1. The van der Waals surface area contributed by atoms with Gasteiger partial charge in [-0.2, -0.15) is 0 Å². The average Bonchev–Trinajstić information content (AvgIpc) is 2.64. The van der Waals surface area contributed by atoms with Crippen molar-refractivity contribution in [3.05, 3.63) is 57.2 Å². The normalized spacial score (nSPS) is 15.7. The lowest BCUT2D eigenvalue weighted by Crippen LogP contribution is -2.47. The van der Waals surface area contributed by atoms with Crippen LogP contribution in [0.25, 0.3) is 0 Å². The second kappa shape index (κ2) is 8.26. The number of carbonyl (C=O) groups excluding carboxylic acids is 1. The van der Waals surface area contributed by atoms with E-state index in [1.807, 2.05) is 32.0 Å². The maximum absolute atomic E-state index is 12.8. The molecule has 0 unspecified atom stereocenters. The topological polar surface area (TPSA) is 45.2 Å². The van der Waals surface area contributed by atoms with Gasteiger partial charge in [0.25, 0.3) is 0 Å². The molecule has 0 aliphatic carbocycles. The van der Waals surface area contributed by atoms with Crippen molar-refractivity contribution >= 4 is 46.5 Å². The molecule has 1 aliphatic heterocycles. The van der Waals surface area contributed by atoms with Crippen LogP contribution in [0.4, 0.5) is 5.82 Å². The van der Waals surface area contributed by atoms with Crippen LogP contribution in [-0.2, 0) is 10.3 Å². The minimum atomic E-state index is -0.528. The molecule has 0 atom stereocenters. The highest BCUT2D eigenvalue weighted by Gasteiger charge is 2.30. The number of halogens is 3. The number of rotatable bonds is 4. The Kier molecular flexibility index (Phi) is 6.19. The second-order valence-electron chi connectivity index (χ2n) is 7.34. The fourth-order valence-electron chi connectivity index (χ4n) is 3.29. The summed E-state index contributed by atoms with van der Waals surface area (Å²) in [7, 11) is 0. The smallest absolute Gasteiger partial charge is 0.223 e. The Balaban J connectivity index is 1.60. The minimum Gasteiger partial charge on any atom is -0.357 e. The molecule has 3 rings (SSSR count). The molecule has 144 valence electrons. The first kappa shape index (κ1) is 20.2. The maximum Gasteiger partial charge on any atom is 0.223 e. The Morgan fingerprint density at radius 3 is 2.41 bits per heavy atom. The summed E-state index contributed by atoms with van der Waals surface area (Å²) in [6.45, 7) is 5.52. The molecule has 2 aromatic rings. The number of pyridine rings is 1. The standard InChI is InChI=1S/C20H22Cl3N3O/c1-20(2,14-3-5-16(22)17(23)11-14)25-19(27)13-7-9-26(10-8-13)18-6-4-15(21)12-24-18/h3-6,11-13H,7-10H2,1-2H3,(H,25,27). The Bertz CT molecular complexity index is 816. The number of hydrogen-bond acceptors (Lipinski definition) is 3. The SMILES string of the molecule is CC(C)(NC(=O)C1CCN(c2ccc(Cl)cn2)CC1)c1ccc(Cl)c(Cl)c1. The van der Waals surface area contributed by atoms with Crippen LogP contribution in [0.3, 0.4) is 0 Å². The average molecular weight is 427 g/mol. The van der Waals surface area contributed by atoms with E-state index in [0.717, 1.165) is 37.3 Å². The van der Waals surface area contributed by atoms with E-state index in [9.17, 15) is 4.79 Å². The van der Waals surface area contributed by atoms with Crippen LogP contribution in [-0.4, -0.2) is 24.0 Å². The van der Waals surface area contributed by atoms with Gasteiger partial charge in [-0.15, -0.1) is 0 Å². The molecule has 27 heavy (non-hydrogen) atoms. The molecule has 0 saturated carbocycles. The molecule has 1 aromatic carbocycles. The zero-order chi connectivity index (χ0) is 19.6. The molecule has 4 nitrogen and oxygen atoms in total. The van der Waals surface area contributed by atoms with E-state index in [1.165, 1.54) is 0 Å². The van der Waals surface area contributed by atoms with Gasteiger partial charge in [-0.05, 0) is 56.5 Å². The van der Waals surface area contributed by atoms with Crippen molar-refractivity contribution < 1.29 is 4.79 Å². The van der Waals surface area contributed by atoms with Gasteiger partial charge in [0, 0.05) is 25.2 Å². The molecule has 1 N–H and O–H groups in total. The second-order valence-corrected chi connectivity index (χ2v) is 8.59. The van der Waals surface area contributed by atoms with E-state index in [1.54, 1.807) is 18.3 Å². The summed E-state index contributed by atoms with van der Waals surface area (Å²) in [5.74, 6) is 0.944. The Hall–Kier alpha value is -1.49. The van der Waals surface area contributed by atoms with E-state index >= 15 is 0 Å². The van der Waals surface area contributed by atoms with Gasteiger partial charge in [0.1, 0.15) is 5.82 Å². The zero-order valence-electron chi connectivity index (χ0n) is 15.3. The summed E-state index contributed by atoms with van der Waals surface area (Å²) < 4.78 is 0. The monoisotopic (exact) mass is 425 g/mol. The number of carbonyl (C=O) groups is 1.